The molecule has 1 aliphatic rings. The normalized spacial score (nSPS) is 19.2. The molecule has 1 fully saturated rings. The summed E-state index contributed by atoms with van der Waals surface area (Å²) in [7, 11) is 0. The number of carbonyl (C=O) groups excluding carboxylic acids is 1. The zero-order valence-corrected chi connectivity index (χ0v) is 14.0. The predicted molar refractivity (Wildman–Crippen MR) is 90.2 cm³/mol. The molecular weight excluding hydrogens is 276 g/mol. The monoisotopic (exact) mass is 304 g/mol. The first-order chi connectivity index (χ1) is 10.5. The summed E-state index contributed by atoms with van der Waals surface area (Å²) in [6, 6.07) is 4.14. The van der Waals surface area contributed by atoms with Gasteiger partial charge in [-0.1, -0.05) is 24.1 Å². The number of benzene rings is 1. The maximum absolute atomic E-state index is 12.7. The van der Waals surface area contributed by atoms with Crippen LogP contribution in [0.5, 0.6) is 0 Å². The van der Waals surface area contributed by atoms with Crippen LogP contribution in [-0.2, 0) is 4.79 Å². The minimum atomic E-state index is -0.0691. The Morgan fingerprint density at radius 3 is 2.59 bits per heavy atom. The lowest BCUT2D eigenvalue weighted by atomic mass is 10.00. The van der Waals surface area contributed by atoms with Crippen molar-refractivity contribution in [1.82, 2.24) is 4.90 Å². The first kappa shape index (κ1) is 17.0. The molecule has 22 heavy (non-hydrogen) atoms. The number of hydrogen-bond acceptors (Lipinski definition) is 3. The molecule has 2 rings (SSSR count). The maximum atomic E-state index is 12.7. The van der Waals surface area contributed by atoms with Crippen LogP contribution >= 0.6 is 0 Å². The minimum Gasteiger partial charge on any atom is -0.396 e. The Morgan fingerprint density at radius 1 is 1.27 bits per heavy atom. The third kappa shape index (κ3) is 4.08. The van der Waals surface area contributed by atoms with Gasteiger partial charge in [0.15, 0.2) is 0 Å². The molecule has 1 unspecified atom stereocenters. The van der Waals surface area contributed by atoms with Crippen LogP contribution < -0.4 is 5.32 Å². The van der Waals surface area contributed by atoms with Gasteiger partial charge in [0.25, 0.3) is 0 Å². The fourth-order valence-corrected chi connectivity index (χ4v) is 3.41. The SMILES string of the molecule is Cc1cc(C)c(NC(=O)C2CCCCN2CCCO)c(C)c1. The number of hydrogen-bond donors (Lipinski definition) is 2. The molecule has 4 nitrogen and oxygen atoms in total. The topological polar surface area (TPSA) is 52.6 Å². The van der Waals surface area contributed by atoms with Crippen molar-refractivity contribution < 1.29 is 9.90 Å². The van der Waals surface area contributed by atoms with E-state index in [1.54, 1.807) is 0 Å². The number of amides is 1. The number of anilines is 1. The van der Waals surface area contributed by atoms with Crippen molar-refractivity contribution in [1.29, 1.82) is 0 Å². The van der Waals surface area contributed by atoms with Crippen LogP contribution in [0, 0.1) is 20.8 Å². The predicted octanol–water partition coefficient (Wildman–Crippen LogP) is 2.79. The molecule has 1 aromatic rings. The Balaban J connectivity index is 2.10. The highest BCUT2D eigenvalue weighted by atomic mass is 16.3. The van der Waals surface area contributed by atoms with E-state index in [2.05, 4.69) is 29.3 Å². The standard InChI is InChI=1S/C18H28N2O2/c1-13-11-14(2)17(15(3)12-13)19-18(22)16-7-4-5-8-20(16)9-6-10-21/h11-12,16,21H,4-10H2,1-3H3,(H,19,22). The summed E-state index contributed by atoms with van der Waals surface area (Å²) >= 11 is 0. The summed E-state index contributed by atoms with van der Waals surface area (Å²) in [5.41, 5.74) is 4.39. The molecule has 0 aromatic heterocycles. The number of nitrogens with one attached hydrogen (secondary N) is 1. The van der Waals surface area contributed by atoms with E-state index < -0.39 is 0 Å². The number of rotatable bonds is 5. The number of carbonyl (C=O) groups is 1. The van der Waals surface area contributed by atoms with E-state index in [9.17, 15) is 4.79 Å². The summed E-state index contributed by atoms with van der Waals surface area (Å²) in [6.07, 6.45) is 3.87. The molecule has 1 atom stereocenters. The second-order valence-corrected chi connectivity index (χ2v) is 6.39. The van der Waals surface area contributed by atoms with Crippen LogP contribution in [0.25, 0.3) is 0 Å². The zero-order chi connectivity index (χ0) is 16.1. The van der Waals surface area contributed by atoms with Crippen molar-refractivity contribution in [2.45, 2.75) is 52.5 Å². The maximum Gasteiger partial charge on any atom is 0.241 e. The minimum absolute atomic E-state index is 0.0691. The number of nitrogens with zero attached hydrogens (tertiary/aromatic N) is 1. The first-order valence-corrected chi connectivity index (χ1v) is 8.26. The van der Waals surface area contributed by atoms with Crippen LogP contribution in [0.2, 0.25) is 0 Å². The number of piperidine rings is 1. The van der Waals surface area contributed by atoms with E-state index in [0.717, 1.165) is 55.6 Å². The fraction of sp³-hybridized carbons (Fsp3) is 0.611. The second-order valence-electron chi connectivity index (χ2n) is 6.39. The molecule has 1 aliphatic heterocycles. The highest BCUT2D eigenvalue weighted by Gasteiger charge is 2.28. The highest BCUT2D eigenvalue weighted by Crippen LogP contribution is 2.24. The molecule has 2 N–H and O–H groups in total. The van der Waals surface area contributed by atoms with E-state index in [-0.39, 0.29) is 18.6 Å². The molecule has 0 bridgehead atoms. The van der Waals surface area contributed by atoms with E-state index >= 15 is 0 Å². The number of likely N-dealkylation sites (tertiary alicyclic amines) is 1. The second kappa shape index (κ2) is 7.75. The van der Waals surface area contributed by atoms with Gasteiger partial charge < -0.3 is 10.4 Å². The quantitative estimate of drug-likeness (QED) is 0.879. The Bertz CT molecular complexity index is 505. The van der Waals surface area contributed by atoms with Crippen LogP contribution in [0.4, 0.5) is 5.69 Å². The van der Waals surface area contributed by atoms with Gasteiger partial charge in [0.1, 0.15) is 0 Å². The Morgan fingerprint density at radius 2 is 1.95 bits per heavy atom. The van der Waals surface area contributed by atoms with Crippen LogP contribution in [0.3, 0.4) is 0 Å². The smallest absolute Gasteiger partial charge is 0.241 e. The van der Waals surface area contributed by atoms with E-state index in [1.165, 1.54) is 5.56 Å². The fourth-order valence-electron chi connectivity index (χ4n) is 3.41. The van der Waals surface area contributed by atoms with Gasteiger partial charge in [-0.15, -0.1) is 0 Å². The summed E-state index contributed by atoms with van der Waals surface area (Å²) in [4.78, 5) is 14.9. The van der Waals surface area contributed by atoms with Gasteiger partial charge in [0.05, 0.1) is 6.04 Å². The first-order valence-electron chi connectivity index (χ1n) is 8.26. The van der Waals surface area contributed by atoms with Gasteiger partial charge in [-0.3, -0.25) is 9.69 Å². The Labute approximate surface area is 133 Å². The summed E-state index contributed by atoms with van der Waals surface area (Å²) in [5.74, 6) is 0.0905. The van der Waals surface area contributed by atoms with Crippen molar-refractivity contribution in [2.75, 3.05) is 25.0 Å². The molecule has 1 saturated heterocycles. The molecule has 4 heteroatoms. The molecule has 0 saturated carbocycles. The molecule has 0 aliphatic carbocycles. The molecular formula is C18H28N2O2. The van der Waals surface area contributed by atoms with Gasteiger partial charge in [-0.25, -0.2) is 0 Å². The molecule has 0 spiro atoms. The van der Waals surface area contributed by atoms with E-state index in [4.69, 9.17) is 5.11 Å². The molecule has 1 aromatic carbocycles. The third-order valence-corrected chi connectivity index (χ3v) is 4.44. The van der Waals surface area contributed by atoms with Crippen LogP contribution in [-0.4, -0.2) is 41.7 Å². The summed E-state index contributed by atoms with van der Waals surface area (Å²) in [6.45, 7) is 8.08. The number of aliphatic hydroxyl groups excluding tert-OH is 1. The van der Waals surface area contributed by atoms with Crippen molar-refractivity contribution >= 4 is 11.6 Å². The largest absolute Gasteiger partial charge is 0.396 e. The highest BCUT2D eigenvalue weighted by molar-refractivity contribution is 5.96. The van der Waals surface area contributed by atoms with Crippen molar-refractivity contribution in [3.05, 3.63) is 28.8 Å². The van der Waals surface area contributed by atoms with Crippen molar-refractivity contribution in [2.24, 2.45) is 0 Å². The van der Waals surface area contributed by atoms with Crippen molar-refractivity contribution in [3.8, 4) is 0 Å². The van der Waals surface area contributed by atoms with Gasteiger partial charge >= 0.3 is 0 Å². The average molecular weight is 304 g/mol. The lowest BCUT2D eigenvalue weighted by Crippen LogP contribution is -2.47. The average Bonchev–Trinajstić information content (AvgIpc) is 2.48. The van der Waals surface area contributed by atoms with Gasteiger partial charge in [0.2, 0.25) is 5.91 Å². The zero-order valence-electron chi connectivity index (χ0n) is 14.0. The Hall–Kier alpha value is -1.39. The summed E-state index contributed by atoms with van der Waals surface area (Å²) in [5, 5.41) is 12.2. The van der Waals surface area contributed by atoms with Crippen LogP contribution in [0.1, 0.15) is 42.4 Å². The Kier molecular flexibility index (Phi) is 5.98. The van der Waals surface area contributed by atoms with Gasteiger partial charge in [0, 0.05) is 18.8 Å². The van der Waals surface area contributed by atoms with Gasteiger partial charge in [-0.2, -0.15) is 0 Å². The third-order valence-electron chi connectivity index (χ3n) is 4.44. The number of aryl methyl sites for hydroxylation is 3. The number of aliphatic hydroxyl groups is 1. The molecule has 1 amide bonds. The van der Waals surface area contributed by atoms with Crippen LogP contribution in [0.15, 0.2) is 12.1 Å². The lowest BCUT2D eigenvalue weighted by molar-refractivity contribution is -0.122. The summed E-state index contributed by atoms with van der Waals surface area (Å²) < 4.78 is 0. The van der Waals surface area contributed by atoms with Gasteiger partial charge in [-0.05, 0) is 57.7 Å². The molecule has 1 heterocycles. The molecule has 0 radical (unpaired) electrons. The van der Waals surface area contributed by atoms with E-state index in [0.29, 0.717) is 0 Å². The van der Waals surface area contributed by atoms with E-state index in [1.807, 2.05) is 13.8 Å². The van der Waals surface area contributed by atoms with Crippen molar-refractivity contribution in [3.63, 3.8) is 0 Å². The molecule has 122 valence electrons. The lowest BCUT2D eigenvalue weighted by Gasteiger charge is -2.34.